The van der Waals surface area contributed by atoms with Crippen LogP contribution in [0.4, 0.5) is 5.69 Å². The lowest BCUT2D eigenvalue weighted by Gasteiger charge is -2.33. The molecule has 6 rings (SSSR count). The fourth-order valence-electron chi connectivity index (χ4n) is 5.58. The number of aryl methyl sites for hydroxylation is 1. The molecule has 7 heteroatoms. The number of piperidine rings is 1. The second-order valence-electron chi connectivity index (χ2n) is 9.94. The molecule has 2 aliphatic carbocycles. The van der Waals surface area contributed by atoms with Gasteiger partial charge in [0.15, 0.2) is 5.65 Å². The van der Waals surface area contributed by atoms with Crippen LogP contribution in [0.1, 0.15) is 63.9 Å². The Balaban J connectivity index is 1.29. The van der Waals surface area contributed by atoms with E-state index in [9.17, 15) is 0 Å². The number of rotatable bonds is 6. The Morgan fingerprint density at radius 3 is 2.71 bits per heavy atom. The van der Waals surface area contributed by atoms with Crippen LogP contribution in [0.5, 0.6) is 0 Å². The van der Waals surface area contributed by atoms with E-state index in [0.29, 0.717) is 6.04 Å². The Hall–Kier alpha value is -2.12. The number of nitrogens with zero attached hydrogens (tertiary/aromatic N) is 4. The molecule has 0 aromatic carbocycles. The monoisotopic (exact) mass is 422 g/mol. The van der Waals surface area contributed by atoms with E-state index in [1.165, 1.54) is 58.2 Å². The molecule has 1 spiro atoms. The molecule has 2 aliphatic heterocycles. The molecule has 2 aromatic heterocycles. The third kappa shape index (κ3) is 3.72. The van der Waals surface area contributed by atoms with Crippen LogP contribution < -0.4 is 10.8 Å². The van der Waals surface area contributed by atoms with Gasteiger partial charge in [0, 0.05) is 44.0 Å². The minimum absolute atomic E-state index is 0.136. The number of aromatic nitrogens is 3. The zero-order chi connectivity index (χ0) is 20.8. The summed E-state index contributed by atoms with van der Waals surface area (Å²) in [4.78, 5) is 13.5. The topological polar surface area (TPSA) is 67.2 Å². The fraction of sp³-hybridized carbons (Fsp3) is 0.667. The highest BCUT2D eigenvalue weighted by Gasteiger charge is 2.39. The van der Waals surface area contributed by atoms with Crippen LogP contribution in [0.15, 0.2) is 18.5 Å². The summed E-state index contributed by atoms with van der Waals surface area (Å²) >= 11 is 0. The Morgan fingerprint density at radius 2 is 1.97 bits per heavy atom. The molecule has 2 N–H and O–H groups in total. The maximum atomic E-state index is 6.08. The van der Waals surface area contributed by atoms with Crippen molar-refractivity contribution in [2.24, 2.45) is 5.92 Å². The summed E-state index contributed by atoms with van der Waals surface area (Å²) in [6.07, 6.45) is 16.2. The van der Waals surface area contributed by atoms with E-state index in [0.717, 1.165) is 53.3 Å². The van der Waals surface area contributed by atoms with Gasteiger partial charge in [-0.2, -0.15) is 5.10 Å². The summed E-state index contributed by atoms with van der Waals surface area (Å²) in [6, 6.07) is 0.480. The summed E-state index contributed by atoms with van der Waals surface area (Å²) in [7, 11) is 0. The summed E-state index contributed by atoms with van der Waals surface area (Å²) in [5.74, 6) is 0.971. The number of likely N-dealkylation sites (tertiary alicyclic amines) is 1. The van der Waals surface area contributed by atoms with Gasteiger partial charge in [0.1, 0.15) is 5.60 Å². The van der Waals surface area contributed by atoms with Crippen molar-refractivity contribution >= 4 is 22.4 Å². The Bertz CT molecular complexity index is 979. The Kier molecular flexibility index (Phi) is 4.91. The smallest absolute Gasteiger partial charge is 0.159 e. The first-order chi connectivity index (χ1) is 15.2. The van der Waals surface area contributed by atoms with Crippen LogP contribution in [-0.4, -0.2) is 50.9 Å². The summed E-state index contributed by atoms with van der Waals surface area (Å²) in [5.41, 5.74) is 7.38. The zero-order valence-electron chi connectivity index (χ0n) is 18.6. The van der Waals surface area contributed by atoms with E-state index in [-0.39, 0.29) is 5.60 Å². The van der Waals surface area contributed by atoms with Crippen molar-refractivity contribution in [3.63, 3.8) is 0 Å². The molecule has 2 saturated carbocycles. The van der Waals surface area contributed by atoms with Gasteiger partial charge in [-0.15, -0.1) is 0 Å². The van der Waals surface area contributed by atoms with Crippen molar-refractivity contribution in [3.8, 4) is 0 Å². The first kappa shape index (κ1) is 19.6. The highest BCUT2D eigenvalue weighted by atomic mass is 16.7. The highest BCUT2D eigenvalue weighted by molar-refractivity contribution is 5.95. The third-order valence-electron chi connectivity index (χ3n) is 7.63. The van der Waals surface area contributed by atoms with Crippen molar-refractivity contribution in [1.29, 1.82) is 0 Å². The number of anilines is 1. The van der Waals surface area contributed by atoms with Crippen LogP contribution in [-0.2, 0) is 11.4 Å². The largest absolute Gasteiger partial charge is 0.381 e. The van der Waals surface area contributed by atoms with E-state index in [4.69, 9.17) is 9.82 Å². The molecule has 1 saturated heterocycles. The second kappa shape index (κ2) is 7.78. The van der Waals surface area contributed by atoms with Crippen LogP contribution in [0, 0.1) is 5.92 Å². The van der Waals surface area contributed by atoms with Crippen LogP contribution in [0.25, 0.3) is 16.7 Å². The standard InChI is InChI=1S/C24H34N6O/c1-2-30-23-20(15-26-30)22(27-18-7-11-29(12-8-18)16-17-5-6-17)19(14-25-23)21-13-24(31-28-21)9-3-4-10-24/h13-15,17-18,28H,2-12,16H2,1H3,(H,25,27). The average molecular weight is 423 g/mol. The molecule has 166 valence electrons. The quantitative estimate of drug-likeness (QED) is 0.735. The van der Waals surface area contributed by atoms with Gasteiger partial charge in [0.2, 0.25) is 0 Å². The molecule has 4 heterocycles. The molecule has 0 unspecified atom stereocenters. The Labute approximate surface area is 184 Å². The lowest BCUT2D eigenvalue weighted by molar-refractivity contribution is -0.0289. The summed E-state index contributed by atoms with van der Waals surface area (Å²) in [5, 5.41) is 9.62. The van der Waals surface area contributed by atoms with E-state index in [1.807, 2.05) is 17.1 Å². The molecule has 3 fully saturated rings. The molecular weight excluding hydrogens is 388 g/mol. The second-order valence-corrected chi connectivity index (χ2v) is 9.94. The maximum absolute atomic E-state index is 6.08. The lowest BCUT2D eigenvalue weighted by atomic mass is 9.98. The van der Waals surface area contributed by atoms with Gasteiger partial charge in [-0.1, -0.05) is 12.8 Å². The van der Waals surface area contributed by atoms with Crippen LogP contribution in [0.2, 0.25) is 0 Å². The van der Waals surface area contributed by atoms with Crippen molar-refractivity contribution < 1.29 is 4.84 Å². The first-order valence-electron chi connectivity index (χ1n) is 12.2. The number of fused-ring (bicyclic) bond motifs is 1. The number of pyridine rings is 1. The van der Waals surface area contributed by atoms with Gasteiger partial charge in [0.05, 0.1) is 23.0 Å². The zero-order valence-corrected chi connectivity index (χ0v) is 18.6. The maximum Gasteiger partial charge on any atom is 0.159 e. The molecule has 7 nitrogen and oxygen atoms in total. The molecule has 0 radical (unpaired) electrons. The van der Waals surface area contributed by atoms with E-state index in [2.05, 4.69) is 33.8 Å². The predicted octanol–water partition coefficient (Wildman–Crippen LogP) is 3.93. The predicted molar refractivity (Wildman–Crippen MR) is 122 cm³/mol. The van der Waals surface area contributed by atoms with Gasteiger partial charge in [0.25, 0.3) is 0 Å². The van der Waals surface area contributed by atoms with Crippen LogP contribution >= 0.6 is 0 Å². The number of hydrogen-bond acceptors (Lipinski definition) is 6. The average Bonchev–Trinajstić information content (AvgIpc) is 3.18. The SMILES string of the molecule is CCn1ncc2c(NC3CCN(CC4CC4)CC3)c(C3=CC4(CCCC4)ON3)cnc21. The fourth-order valence-corrected chi connectivity index (χ4v) is 5.58. The van der Waals surface area contributed by atoms with Crippen molar-refractivity contribution in [2.45, 2.75) is 76.5 Å². The summed E-state index contributed by atoms with van der Waals surface area (Å²) in [6.45, 7) is 6.63. The number of hydrogen-bond donors (Lipinski definition) is 2. The molecule has 0 amide bonds. The van der Waals surface area contributed by atoms with E-state index in [1.54, 1.807) is 0 Å². The van der Waals surface area contributed by atoms with Crippen molar-refractivity contribution in [1.82, 2.24) is 25.1 Å². The highest BCUT2D eigenvalue weighted by Crippen LogP contribution is 2.41. The van der Waals surface area contributed by atoms with Gasteiger partial charge < -0.3 is 10.2 Å². The van der Waals surface area contributed by atoms with Crippen LogP contribution in [0.3, 0.4) is 0 Å². The molecular formula is C24H34N6O. The minimum Gasteiger partial charge on any atom is -0.381 e. The Morgan fingerprint density at radius 1 is 1.16 bits per heavy atom. The van der Waals surface area contributed by atoms with Gasteiger partial charge in [-0.25, -0.2) is 9.67 Å². The number of nitrogens with one attached hydrogen (secondary N) is 2. The number of hydroxylamine groups is 1. The van der Waals surface area contributed by atoms with Crippen molar-refractivity contribution in [2.75, 3.05) is 25.0 Å². The lowest BCUT2D eigenvalue weighted by Crippen LogP contribution is -2.40. The van der Waals surface area contributed by atoms with Gasteiger partial charge in [-0.05, 0) is 57.4 Å². The molecule has 2 aromatic rings. The van der Waals surface area contributed by atoms with Gasteiger partial charge in [-0.3, -0.25) is 10.3 Å². The molecule has 0 atom stereocenters. The summed E-state index contributed by atoms with van der Waals surface area (Å²) < 4.78 is 1.98. The molecule has 0 bridgehead atoms. The molecule has 31 heavy (non-hydrogen) atoms. The first-order valence-corrected chi connectivity index (χ1v) is 12.2. The van der Waals surface area contributed by atoms with Gasteiger partial charge >= 0.3 is 0 Å². The normalized spacial score (nSPS) is 24.1. The van der Waals surface area contributed by atoms with E-state index >= 15 is 0 Å². The molecule has 4 aliphatic rings. The third-order valence-corrected chi connectivity index (χ3v) is 7.63. The van der Waals surface area contributed by atoms with E-state index < -0.39 is 0 Å². The minimum atomic E-state index is -0.136. The van der Waals surface area contributed by atoms with Crippen molar-refractivity contribution in [3.05, 3.63) is 24.0 Å².